The number of nitrogens with two attached hydrogens (primary N) is 1. The van der Waals surface area contributed by atoms with Crippen molar-refractivity contribution in [3.8, 4) is 0 Å². The largest absolute Gasteiger partial charge is 0.328 e. The predicted octanol–water partition coefficient (Wildman–Crippen LogP) is 3.18. The molecule has 1 aromatic rings. The molecule has 6 heteroatoms. The van der Waals surface area contributed by atoms with Gasteiger partial charge in [0.25, 0.3) is 0 Å². The van der Waals surface area contributed by atoms with Gasteiger partial charge in [-0.2, -0.15) is 0 Å². The van der Waals surface area contributed by atoms with Crippen LogP contribution in [0, 0.1) is 17.6 Å². The minimum atomic E-state index is -0.783. The normalized spacial score (nSPS) is 23.2. The Morgan fingerprint density at radius 2 is 2.05 bits per heavy atom. The Morgan fingerprint density at radius 3 is 2.74 bits per heavy atom. The average molecular weight is 333 g/mol. The summed E-state index contributed by atoms with van der Waals surface area (Å²) in [6.07, 6.45) is 3.18. The fourth-order valence-electron chi connectivity index (χ4n) is 2.32. The third kappa shape index (κ3) is 3.51. The fraction of sp³-hybridized carbons (Fsp3) is 0.462. The van der Waals surface area contributed by atoms with Gasteiger partial charge in [0.15, 0.2) is 0 Å². The highest BCUT2D eigenvalue weighted by Crippen LogP contribution is 2.27. The van der Waals surface area contributed by atoms with E-state index in [9.17, 15) is 13.6 Å². The summed E-state index contributed by atoms with van der Waals surface area (Å²) in [6, 6.07) is 1.99. The second-order valence-electron chi connectivity index (χ2n) is 4.86. The lowest BCUT2D eigenvalue weighted by molar-refractivity contribution is -0.120. The number of hydrogen-bond donors (Lipinski definition) is 2. The van der Waals surface area contributed by atoms with Crippen molar-refractivity contribution in [3.63, 3.8) is 0 Å². The molecule has 2 rings (SSSR count). The number of halogens is 3. The topological polar surface area (TPSA) is 55.1 Å². The van der Waals surface area contributed by atoms with Gasteiger partial charge in [0.05, 0.1) is 10.2 Å². The molecular formula is C13H15BrF2N2O. The van der Waals surface area contributed by atoms with Gasteiger partial charge >= 0.3 is 0 Å². The molecule has 0 aromatic heterocycles. The summed E-state index contributed by atoms with van der Waals surface area (Å²) >= 11 is 2.96. The Kier molecular flexibility index (Phi) is 4.52. The van der Waals surface area contributed by atoms with Crippen LogP contribution in [0.2, 0.25) is 0 Å². The van der Waals surface area contributed by atoms with Gasteiger partial charge in [0.2, 0.25) is 5.91 Å². The highest BCUT2D eigenvalue weighted by atomic mass is 79.9. The van der Waals surface area contributed by atoms with Crippen LogP contribution >= 0.6 is 15.9 Å². The number of rotatable bonds is 2. The van der Waals surface area contributed by atoms with Gasteiger partial charge in [0, 0.05) is 18.0 Å². The molecule has 1 aromatic carbocycles. The molecule has 1 aliphatic carbocycles. The molecule has 3 nitrogen and oxygen atoms in total. The van der Waals surface area contributed by atoms with Crippen molar-refractivity contribution in [2.75, 3.05) is 5.32 Å². The van der Waals surface area contributed by atoms with Crippen molar-refractivity contribution >= 4 is 27.5 Å². The summed E-state index contributed by atoms with van der Waals surface area (Å²) in [7, 11) is 0. The molecule has 19 heavy (non-hydrogen) atoms. The standard InChI is InChI=1S/C13H15BrF2N2O/c14-9-5-12(11(16)6-10(9)15)18-13(19)7-2-1-3-8(17)4-7/h5-8H,1-4,17H2,(H,18,19). The summed E-state index contributed by atoms with van der Waals surface area (Å²) in [6.45, 7) is 0. The van der Waals surface area contributed by atoms with E-state index in [2.05, 4.69) is 21.2 Å². The van der Waals surface area contributed by atoms with Crippen LogP contribution in [0.3, 0.4) is 0 Å². The van der Waals surface area contributed by atoms with Gasteiger partial charge in [-0.3, -0.25) is 4.79 Å². The molecule has 1 amide bonds. The Labute approximate surface area is 118 Å². The zero-order chi connectivity index (χ0) is 14.0. The molecule has 104 valence electrons. The van der Waals surface area contributed by atoms with Gasteiger partial charge in [-0.25, -0.2) is 8.78 Å². The molecule has 1 aliphatic rings. The van der Waals surface area contributed by atoms with E-state index < -0.39 is 11.6 Å². The van der Waals surface area contributed by atoms with Gasteiger partial charge in [-0.05, 0) is 41.3 Å². The number of hydrogen-bond acceptors (Lipinski definition) is 2. The number of nitrogens with one attached hydrogen (secondary N) is 1. The maximum absolute atomic E-state index is 13.5. The molecule has 2 atom stereocenters. The third-order valence-corrected chi connectivity index (χ3v) is 3.96. The van der Waals surface area contributed by atoms with Gasteiger partial charge < -0.3 is 11.1 Å². The third-order valence-electron chi connectivity index (χ3n) is 3.35. The van der Waals surface area contributed by atoms with Gasteiger partial charge in [-0.15, -0.1) is 0 Å². The first-order chi connectivity index (χ1) is 8.97. The quantitative estimate of drug-likeness (QED) is 0.817. The van der Waals surface area contributed by atoms with Crippen LogP contribution in [0.5, 0.6) is 0 Å². The summed E-state index contributed by atoms with van der Waals surface area (Å²) in [5, 5.41) is 2.50. The van der Waals surface area contributed by atoms with Crippen LogP contribution in [0.15, 0.2) is 16.6 Å². The minimum Gasteiger partial charge on any atom is -0.328 e. The Bertz CT molecular complexity index is 496. The molecule has 0 heterocycles. The van der Waals surface area contributed by atoms with E-state index in [0.29, 0.717) is 6.42 Å². The zero-order valence-corrected chi connectivity index (χ0v) is 11.8. The van der Waals surface area contributed by atoms with Crippen LogP contribution in [0.1, 0.15) is 25.7 Å². The molecule has 3 N–H and O–H groups in total. The van der Waals surface area contributed by atoms with E-state index in [1.165, 1.54) is 6.07 Å². The Balaban J connectivity index is 2.08. The molecule has 0 radical (unpaired) electrons. The minimum absolute atomic E-state index is 0.0163. The highest BCUT2D eigenvalue weighted by Gasteiger charge is 2.26. The maximum Gasteiger partial charge on any atom is 0.227 e. The summed E-state index contributed by atoms with van der Waals surface area (Å²) in [5.41, 5.74) is 5.80. The second-order valence-corrected chi connectivity index (χ2v) is 5.71. The summed E-state index contributed by atoms with van der Waals surface area (Å²) in [4.78, 5) is 12.0. The molecule has 0 bridgehead atoms. The maximum atomic E-state index is 13.5. The lowest BCUT2D eigenvalue weighted by Crippen LogP contribution is -2.34. The second kappa shape index (κ2) is 5.96. The Hall–Kier alpha value is -1.01. The predicted molar refractivity (Wildman–Crippen MR) is 72.6 cm³/mol. The first-order valence-electron chi connectivity index (χ1n) is 6.18. The van der Waals surface area contributed by atoms with Crippen LogP contribution in [-0.2, 0) is 4.79 Å². The van der Waals surface area contributed by atoms with E-state index in [1.54, 1.807) is 0 Å². The van der Waals surface area contributed by atoms with Crippen LogP contribution in [-0.4, -0.2) is 11.9 Å². The van der Waals surface area contributed by atoms with Crippen molar-refractivity contribution in [2.24, 2.45) is 11.7 Å². The van der Waals surface area contributed by atoms with Crippen molar-refractivity contribution in [2.45, 2.75) is 31.7 Å². The van der Waals surface area contributed by atoms with E-state index in [-0.39, 0.29) is 28.0 Å². The highest BCUT2D eigenvalue weighted by molar-refractivity contribution is 9.10. The smallest absolute Gasteiger partial charge is 0.227 e. The Morgan fingerprint density at radius 1 is 1.32 bits per heavy atom. The summed E-state index contributed by atoms with van der Waals surface area (Å²) < 4.78 is 26.7. The number of carbonyl (C=O) groups is 1. The number of anilines is 1. The van der Waals surface area contributed by atoms with Crippen LogP contribution in [0.4, 0.5) is 14.5 Å². The first-order valence-corrected chi connectivity index (χ1v) is 6.97. The van der Waals surface area contributed by atoms with Crippen LogP contribution < -0.4 is 11.1 Å². The van der Waals surface area contributed by atoms with E-state index >= 15 is 0 Å². The number of amides is 1. The monoisotopic (exact) mass is 332 g/mol. The summed E-state index contributed by atoms with van der Waals surface area (Å²) in [5.74, 6) is -1.94. The molecule has 0 aliphatic heterocycles. The number of carbonyl (C=O) groups excluding carboxylic acids is 1. The lowest BCUT2D eigenvalue weighted by atomic mass is 9.85. The molecular weight excluding hydrogens is 318 g/mol. The first kappa shape index (κ1) is 14.4. The van der Waals surface area contributed by atoms with Crippen molar-refractivity contribution in [1.82, 2.24) is 0 Å². The SMILES string of the molecule is NC1CCCC(C(=O)Nc2cc(Br)c(F)cc2F)C1. The average Bonchev–Trinajstić information content (AvgIpc) is 2.36. The van der Waals surface area contributed by atoms with Gasteiger partial charge in [-0.1, -0.05) is 6.42 Å². The molecule has 1 saturated carbocycles. The van der Waals surface area contributed by atoms with Crippen molar-refractivity contribution in [1.29, 1.82) is 0 Å². The number of benzene rings is 1. The lowest BCUT2D eigenvalue weighted by Gasteiger charge is -2.25. The van der Waals surface area contributed by atoms with Crippen LogP contribution in [0.25, 0.3) is 0 Å². The van der Waals surface area contributed by atoms with E-state index in [4.69, 9.17) is 5.73 Å². The zero-order valence-electron chi connectivity index (χ0n) is 10.3. The molecule has 1 fully saturated rings. The van der Waals surface area contributed by atoms with E-state index in [0.717, 1.165) is 25.3 Å². The molecule has 0 saturated heterocycles. The fourth-order valence-corrected chi connectivity index (χ4v) is 2.66. The van der Waals surface area contributed by atoms with Gasteiger partial charge in [0.1, 0.15) is 11.6 Å². The molecule has 2 unspecified atom stereocenters. The van der Waals surface area contributed by atoms with Crippen molar-refractivity contribution < 1.29 is 13.6 Å². The van der Waals surface area contributed by atoms with E-state index in [1.807, 2.05) is 0 Å². The molecule has 0 spiro atoms. The van der Waals surface area contributed by atoms with Crippen molar-refractivity contribution in [3.05, 3.63) is 28.2 Å².